The first kappa shape index (κ1) is 13.4. The Balaban J connectivity index is 2.21. The van der Waals surface area contributed by atoms with Gasteiger partial charge in [0, 0.05) is 12.0 Å². The van der Waals surface area contributed by atoms with Gasteiger partial charge >= 0.3 is 5.97 Å². The van der Waals surface area contributed by atoms with E-state index in [9.17, 15) is 4.79 Å². The zero-order chi connectivity index (χ0) is 14.8. The highest BCUT2D eigenvalue weighted by atomic mass is 16.5. The lowest BCUT2D eigenvalue weighted by Crippen LogP contribution is -2.06. The minimum absolute atomic E-state index is 0.354. The second-order valence-corrected chi connectivity index (χ2v) is 5.07. The van der Waals surface area contributed by atoms with Crippen molar-refractivity contribution in [1.29, 1.82) is 0 Å². The Labute approximate surface area is 123 Å². The van der Waals surface area contributed by atoms with Crippen LogP contribution in [0.15, 0.2) is 66.7 Å². The van der Waals surface area contributed by atoms with Gasteiger partial charge in [-0.05, 0) is 27.1 Å². The number of rotatable bonds is 3. The fourth-order valence-corrected chi connectivity index (χ4v) is 2.72. The molecule has 0 fully saturated rings. The molecule has 3 aromatic carbocycles. The smallest absolute Gasteiger partial charge is 0.333 e. The monoisotopic (exact) mass is 276 g/mol. The first-order valence-electron chi connectivity index (χ1n) is 6.86. The van der Waals surface area contributed by atoms with Gasteiger partial charge in [-0.3, -0.25) is 0 Å². The van der Waals surface area contributed by atoms with Crippen molar-refractivity contribution in [1.82, 2.24) is 0 Å². The topological polar surface area (TPSA) is 26.3 Å². The zero-order valence-corrected chi connectivity index (χ0v) is 11.9. The summed E-state index contributed by atoms with van der Waals surface area (Å²) < 4.78 is 4.75. The van der Waals surface area contributed by atoms with Crippen LogP contribution < -0.4 is 0 Å². The number of hydrogen-bond donors (Lipinski definition) is 0. The molecule has 2 heteroatoms. The number of fused-ring (bicyclic) bond motifs is 3. The molecule has 3 rings (SSSR count). The molecule has 21 heavy (non-hydrogen) atoms. The van der Waals surface area contributed by atoms with Crippen LogP contribution in [0.2, 0.25) is 0 Å². The van der Waals surface area contributed by atoms with Gasteiger partial charge in [-0.1, -0.05) is 61.2 Å². The summed E-state index contributed by atoms with van der Waals surface area (Å²) in [6.07, 6.45) is 0.498. The lowest BCUT2D eigenvalue weighted by Gasteiger charge is -2.11. The summed E-state index contributed by atoms with van der Waals surface area (Å²) >= 11 is 0. The molecule has 0 atom stereocenters. The summed E-state index contributed by atoms with van der Waals surface area (Å²) in [7, 11) is 1.38. The molecule has 0 aromatic heterocycles. The summed E-state index contributed by atoms with van der Waals surface area (Å²) in [6.45, 7) is 3.83. The SMILES string of the molecule is C=C(Cc1cc2ccccc2c2ccccc12)C(=O)OC. The summed E-state index contributed by atoms with van der Waals surface area (Å²) in [5, 5.41) is 4.74. The fraction of sp³-hybridized carbons (Fsp3) is 0.105. The average Bonchev–Trinajstić information content (AvgIpc) is 2.54. The Bertz CT molecular complexity index is 846. The van der Waals surface area contributed by atoms with Gasteiger partial charge in [0.25, 0.3) is 0 Å². The fourth-order valence-electron chi connectivity index (χ4n) is 2.72. The first-order valence-corrected chi connectivity index (χ1v) is 6.86. The maximum Gasteiger partial charge on any atom is 0.333 e. The van der Waals surface area contributed by atoms with Crippen LogP contribution in [0.4, 0.5) is 0 Å². The number of carbonyl (C=O) groups excluding carboxylic acids is 1. The molecule has 3 aromatic rings. The second-order valence-electron chi connectivity index (χ2n) is 5.07. The van der Waals surface area contributed by atoms with Crippen LogP contribution in [0.1, 0.15) is 5.56 Å². The summed E-state index contributed by atoms with van der Waals surface area (Å²) in [6, 6.07) is 18.7. The second kappa shape index (κ2) is 5.41. The van der Waals surface area contributed by atoms with E-state index >= 15 is 0 Å². The van der Waals surface area contributed by atoms with Crippen LogP contribution in [-0.2, 0) is 16.0 Å². The van der Waals surface area contributed by atoms with Crippen LogP contribution in [-0.4, -0.2) is 13.1 Å². The van der Waals surface area contributed by atoms with Crippen molar-refractivity contribution < 1.29 is 9.53 Å². The van der Waals surface area contributed by atoms with E-state index in [0.29, 0.717) is 12.0 Å². The van der Waals surface area contributed by atoms with Crippen molar-refractivity contribution in [2.24, 2.45) is 0 Å². The Hall–Kier alpha value is -2.61. The molecule has 0 aliphatic carbocycles. The normalized spacial score (nSPS) is 10.7. The molecule has 0 aliphatic heterocycles. The predicted molar refractivity (Wildman–Crippen MR) is 86.3 cm³/mol. The van der Waals surface area contributed by atoms with Gasteiger partial charge in [-0.15, -0.1) is 0 Å². The molecule has 0 N–H and O–H groups in total. The average molecular weight is 276 g/mol. The molecule has 0 bridgehead atoms. The molecule has 0 aliphatic rings. The molecule has 0 radical (unpaired) electrons. The van der Waals surface area contributed by atoms with Crippen LogP contribution in [0, 0.1) is 0 Å². The number of benzene rings is 3. The highest BCUT2D eigenvalue weighted by Gasteiger charge is 2.11. The van der Waals surface area contributed by atoms with E-state index in [-0.39, 0.29) is 5.97 Å². The summed E-state index contributed by atoms with van der Waals surface area (Å²) in [5.74, 6) is -0.354. The molecule has 2 nitrogen and oxygen atoms in total. The van der Waals surface area contributed by atoms with Gasteiger partial charge in [0.05, 0.1) is 7.11 Å². The predicted octanol–water partition coefficient (Wildman–Crippen LogP) is 4.26. The first-order chi connectivity index (χ1) is 10.2. The summed E-state index contributed by atoms with van der Waals surface area (Å²) in [4.78, 5) is 11.6. The maximum atomic E-state index is 11.6. The minimum atomic E-state index is -0.354. The highest BCUT2D eigenvalue weighted by molar-refractivity contribution is 6.09. The Morgan fingerprint density at radius 3 is 2.33 bits per heavy atom. The number of ether oxygens (including phenoxy) is 1. The summed E-state index contributed by atoms with van der Waals surface area (Å²) in [5.41, 5.74) is 1.57. The highest BCUT2D eigenvalue weighted by Crippen LogP contribution is 2.29. The van der Waals surface area contributed by atoms with Crippen LogP contribution in [0.5, 0.6) is 0 Å². The van der Waals surface area contributed by atoms with Gasteiger partial charge in [0.15, 0.2) is 0 Å². The number of hydrogen-bond acceptors (Lipinski definition) is 2. The largest absolute Gasteiger partial charge is 0.466 e. The van der Waals surface area contributed by atoms with Gasteiger partial charge in [-0.2, -0.15) is 0 Å². The van der Waals surface area contributed by atoms with Crippen molar-refractivity contribution in [3.63, 3.8) is 0 Å². The van der Waals surface area contributed by atoms with Gasteiger partial charge in [0.2, 0.25) is 0 Å². The van der Waals surface area contributed by atoms with Crippen molar-refractivity contribution >= 4 is 27.5 Å². The molecule has 0 saturated carbocycles. The standard InChI is InChI=1S/C19H16O2/c1-13(19(20)21-2)11-15-12-14-7-3-4-8-16(14)18-10-6-5-9-17(15)18/h3-10,12H,1,11H2,2H3. The van der Waals surface area contributed by atoms with Gasteiger partial charge < -0.3 is 4.74 Å². The van der Waals surface area contributed by atoms with Crippen LogP contribution in [0.25, 0.3) is 21.5 Å². The van der Waals surface area contributed by atoms with E-state index < -0.39 is 0 Å². The van der Waals surface area contributed by atoms with E-state index in [1.807, 2.05) is 24.3 Å². The van der Waals surface area contributed by atoms with E-state index in [0.717, 1.165) is 10.9 Å². The lowest BCUT2D eigenvalue weighted by molar-refractivity contribution is -0.136. The Kier molecular flexibility index (Phi) is 3.44. The molecule has 0 amide bonds. The number of methoxy groups -OCH3 is 1. The lowest BCUT2D eigenvalue weighted by atomic mass is 9.94. The number of carbonyl (C=O) groups is 1. The zero-order valence-electron chi connectivity index (χ0n) is 11.9. The third-order valence-electron chi connectivity index (χ3n) is 3.73. The van der Waals surface area contributed by atoms with E-state index in [4.69, 9.17) is 4.74 Å². The molecule has 104 valence electrons. The molecule has 0 saturated heterocycles. The Morgan fingerprint density at radius 1 is 1.00 bits per heavy atom. The molecular weight excluding hydrogens is 260 g/mol. The maximum absolute atomic E-state index is 11.6. The van der Waals surface area contributed by atoms with E-state index in [1.54, 1.807) is 0 Å². The Morgan fingerprint density at radius 2 is 1.62 bits per heavy atom. The quantitative estimate of drug-likeness (QED) is 0.406. The third-order valence-corrected chi connectivity index (χ3v) is 3.73. The van der Waals surface area contributed by atoms with E-state index in [1.165, 1.54) is 23.3 Å². The van der Waals surface area contributed by atoms with Crippen LogP contribution in [0.3, 0.4) is 0 Å². The van der Waals surface area contributed by atoms with Crippen molar-refractivity contribution in [3.05, 3.63) is 72.3 Å². The molecule has 0 unspecified atom stereocenters. The van der Waals surface area contributed by atoms with Crippen LogP contribution >= 0.6 is 0 Å². The van der Waals surface area contributed by atoms with Crippen molar-refractivity contribution in [2.75, 3.05) is 7.11 Å². The van der Waals surface area contributed by atoms with Crippen molar-refractivity contribution in [2.45, 2.75) is 6.42 Å². The third kappa shape index (κ3) is 2.40. The van der Waals surface area contributed by atoms with Gasteiger partial charge in [-0.25, -0.2) is 4.79 Å². The van der Waals surface area contributed by atoms with E-state index in [2.05, 4.69) is 36.9 Å². The molecular formula is C19H16O2. The molecule has 0 spiro atoms. The van der Waals surface area contributed by atoms with Gasteiger partial charge in [0.1, 0.15) is 0 Å². The minimum Gasteiger partial charge on any atom is -0.466 e. The number of esters is 1. The van der Waals surface area contributed by atoms with Crippen molar-refractivity contribution in [3.8, 4) is 0 Å². The molecule has 0 heterocycles.